The Hall–Kier alpha value is -3.54. The van der Waals surface area contributed by atoms with Gasteiger partial charge in [0, 0.05) is 44.8 Å². The van der Waals surface area contributed by atoms with Crippen LogP contribution in [0.4, 0.5) is 10.5 Å². The van der Waals surface area contributed by atoms with E-state index in [1.165, 1.54) is 17.3 Å². The molecule has 1 fully saturated rings. The van der Waals surface area contributed by atoms with Gasteiger partial charge in [0.1, 0.15) is 16.9 Å². The number of piperazine rings is 1. The number of aromatic amines is 1. The number of aromatic nitrogens is 3. The Morgan fingerprint density at radius 3 is 2.39 bits per heavy atom. The summed E-state index contributed by atoms with van der Waals surface area (Å²) in [6.07, 6.45) is 8.35. The molecular formula is C39H58ClN7O3S. The van der Waals surface area contributed by atoms with Gasteiger partial charge in [-0.1, -0.05) is 93.0 Å². The van der Waals surface area contributed by atoms with E-state index in [1.54, 1.807) is 6.20 Å². The van der Waals surface area contributed by atoms with Crippen LogP contribution in [0.5, 0.6) is 0 Å². The van der Waals surface area contributed by atoms with E-state index in [4.69, 9.17) is 21.3 Å². The number of imidazole rings is 1. The van der Waals surface area contributed by atoms with Crippen LogP contribution in [0.1, 0.15) is 80.2 Å². The summed E-state index contributed by atoms with van der Waals surface area (Å²) in [7, 11) is 0. The number of anilines is 1. The summed E-state index contributed by atoms with van der Waals surface area (Å²) in [5.41, 5.74) is 4.22. The van der Waals surface area contributed by atoms with Gasteiger partial charge >= 0.3 is 6.09 Å². The molecule has 10 nitrogen and oxygen atoms in total. The van der Waals surface area contributed by atoms with E-state index in [0.717, 1.165) is 86.2 Å². The number of carbonyl (C=O) groups is 2. The highest BCUT2D eigenvalue weighted by atomic mass is 35.5. The average Bonchev–Trinajstić information content (AvgIpc) is 3.50. The molecule has 2 aromatic heterocycles. The normalized spacial score (nSPS) is 14.2. The molecule has 0 unspecified atom stereocenters. The maximum atomic E-state index is 12.6. The molecule has 1 aliphatic heterocycles. The predicted molar refractivity (Wildman–Crippen MR) is 214 cm³/mol. The SMILES string of the molecule is C/C=C\SC(=CCC)NC(=O)CN1CCN(c2c(Cl)cnc3nc(-c4ccc(C)cc4)[nH]c23)CC1.CCCN(CCC(C)C)C(=O)OC(C)(C)C. The van der Waals surface area contributed by atoms with Crippen LogP contribution < -0.4 is 10.2 Å². The van der Waals surface area contributed by atoms with E-state index in [9.17, 15) is 9.59 Å². The number of fused-ring (bicyclic) bond motifs is 1. The monoisotopic (exact) mass is 739 g/mol. The number of rotatable bonds is 13. The van der Waals surface area contributed by atoms with Crippen LogP contribution in [-0.4, -0.2) is 88.2 Å². The lowest BCUT2D eigenvalue weighted by molar-refractivity contribution is -0.121. The van der Waals surface area contributed by atoms with Gasteiger partial charge in [0.05, 0.1) is 28.5 Å². The Kier molecular flexibility index (Phi) is 16.8. The summed E-state index contributed by atoms with van der Waals surface area (Å²) in [4.78, 5) is 43.3. The maximum absolute atomic E-state index is 12.6. The largest absolute Gasteiger partial charge is 0.444 e. The Morgan fingerprint density at radius 1 is 1.12 bits per heavy atom. The van der Waals surface area contributed by atoms with Crippen molar-refractivity contribution in [2.24, 2.45) is 5.92 Å². The molecular weight excluding hydrogens is 682 g/mol. The molecule has 0 spiro atoms. The molecule has 1 aliphatic rings. The number of amides is 2. The number of thioether (sulfide) groups is 1. The summed E-state index contributed by atoms with van der Waals surface area (Å²) in [5.74, 6) is 1.40. The molecule has 0 radical (unpaired) electrons. The van der Waals surface area contributed by atoms with Gasteiger partial charge in [-0.05, 0) is 65.2 Å². The number of nitrogens with zero attached hydrogens (tertiary/aromatic N) is 5. The zero-order chi connectivity index (χ0) is 37.6. The standard InChI is InChI=1S/C26H31ClN6OS.C13H27NO2/c1-4-6-22(35-15-5-2)29-21(34)17-32-11-13-33(14-12-32)24-20(27)16-28-26-23(24)30-25(31-26)19-9-7-18(3)8-10-19;1-7-9-14(10-8-11(2)3)12(15)16-13(4,5)6/h5-10,15-16H,4,11-14,17H2,1-3H3,(H,29,34)(H,28,30,31);11H,7-10H2,1-6H3/b15-5-,22-6?;. The van der Waals surface area contributed by atoms with Gasteiger partial charge in [-0.15, -0.1) is 0 Å². The van der Waals surface area contributed by atoms with Gasteiger partial charge in [0.25, 0.3) is 0 Å². The molecule has 3 aromatic rings. The number of aryl methyl sites for hydroxylation is 1. The molecule has 12 heteroatoms. The molecule has 0 bridgehead atoms. The van der Waals surface area contributed by atoms with E-state index in [0.29, 0.717) is 23.1 Å². The molecule has 0 aliphatic carbocycles. The topological polar surface area (TPSA) is 107 Å². The quantitative estimate of drug-likeness (QED) is 0.179. The zero-order valence-corrected chi connectivity index (χ0v) is 33.6. The highest BCUT2D eigenvalue weighted by molar-refractivity contribution is 8.05. The Bertz CT molecular complexity index is 1610. The first-order valence-electron chi connectivity index (χ1n) is 18.1. The molecule has 0 saturated carbocycles. The van der Waals surface area contributed by atoms with Crippen molar-refractivity contribution in [3.8, 4) is 11.4 Å². The fraction of sp³-hybridized carbons (Fsp3) is 0.538. The molecule has 2 amide bonds. The van der Waals surface area contributed by atoms with E-state index in [-0.39, 0.29) is 12.0 Å². The molecule has 3 heterocycles. The van der Waals surface area contributed by atoms with Crippen LogP contribution >= 0.6 is 23.4 Å². The van der Waals surface area contributed by atoms with Crippen LogP contribution in [0.3, 0.4) is 0 Å². The van der Waals surface area contributed by atoms with E-state index in [1.807, 2.05) is 50.2 Å². The second kappa shape index (κ2) is 20.5. The summed E-state index contributed by atoms with van der Waals surface area (Å²) in [5, 5.41) is 6.48. The number of allylic oxidation sites excluding steroid dienone is 2. The van der Waals surface area contributed by atoms with Crippen molar-refractivity contribution < 1.29 is 14.3 Å². The third kappa shape index (κ3) is 13.8. The summed E-state index contributed by atoms with van der Waals surface area (Å²) in [6.45, 7) is 23.2. The van der Waals surface area contributed by atoms with Crippen molar-refractivity contribution in [2.45, 2.75) is 87.2 Å². The Balaban J connectivity index is 0.000000371. The first kappa shape index (κ1) is 41.9. The smallest absolute Gasteiger partial charge is 0.410 e. The van der Waals surface area contributed by atoms with Crippen molar-refractivity contribution >= 4 is 52.2 Å². The fourth-order valence-corrected chi connectivity index (χ4v) is 6.33. The second-order valence-corrected chi connectivity index (χ2v) is 15.5. The first-order valence-corrected chi connectivity index (χ1v) is 19.3. The number of pyridine rings is 1. The minimum atomic E-state index is -0.402. The van der Waals surface area contributed by atoms with Crippen LogP contribution in [0, 0.1) is 12.8 Å². The highest BCUT2D eigenvalue weighted by Crippen LogP contribution is 2.34. The van der Waals surface area contributed by atoms with Gasteiger partial charge in [0.2, 0.25) is 5.91 Å². The number of halogens is 1. The van der Waals surface area contributed by atoms with Gasteiger partial charge in [-0.25, -0.2) is 14.8 Å². The number of hydrogen-bond donors (Lipinski definition) is 2. The third-order valence-corrected chi connectivity index (χ3v) is 9.14. The van der Waals surface area contributed by atoms with Crippen molar-refractivity contribution in [2.75, 3.05) is 50.7 Å². The van der Waals surface area contributed by atoms with Crippen molar-refractivity contribution in [3.05, 3.63) is 63.6 Å². The maximum Gasteiger partial charge on any atom is 0.410 e. The van der Waals surface area contributed by atoms with Gasteiger partial charge in [-0.2, -0.15) is 0 Å². The number of hydrogen-bond acceptors (Lipinski definition) is 8. The van der Waals surface area contributed by atoms with Crippen LogP contribution in [-0.2, 0) is 9.53 Å². The lowest BCUT2D eigenvalue weighted by atomic mass is 10.1. The Labute approximate surface area is 314 Å². The summed E-state index contributed by atoms with van der Waals surface area (Å²) >= 11 is 8.15. The zero-order valence-electron chi connectivity index (χ0n) is 32.0. The summed E-state index contributed by atoms with van der Waals surface area (Å²) < 4.78 is 5.37. The predicted octanol–water partition coefficient (Wildman–Crippen LogP) is 9.02. The summed E-state index contributed by atoms with van der Waals surface area (Å²) in [6, 6.07) is 8.24. The van der Waals surface area contributed by atoms with Gasteiger partial charge < -0.3 is 24.8 Å². The van der Waals surface area contributed by atoms with Crippen LogP contribution in [0.25, 0.3) is 22.6 Å². The number of carbonyl (C=O) groups excluding carboxylic acids is 2. The van der Waals surface area contributed by atoms with Gasteiger partial charge in [0.15, 0.2) is 5.65 Å². The average molecular weight is 740 g/mol. The molecule has 1 saturated heterocycles. The van der Waals surface area contributed by atoms with E-state index >= 15 is 0 Å². The van der Waals surface area contributed by atoms with Crippen LogP contribution in [0.2, 0.25) is 5.02 Å². The fourth-order valence-electron chi connectivity index (χ4n) is 5.35. The Morgan fingerprint density at radius 2 is 1.80 bits per heavy atom. The van der Waals surface area contributed by atoms with Crippen LogP contribution in [0.15, 0.2) is 53.1 Å². The number of ether oxygens (including phenoxy) is 1. The lowest BCUT2D eigenvalue weighted by Gasteiger charge is -2.36. The third-order valence-electron chi connectivity index (χ3n) is 7.93. The number of H-pyrrole nitrogens is 1. The highest BCUT2D eigenvalue weighted by Gasteiger charge is 2.25. The molecule has 280 valence electrons. The first-order chi connectivity index (χ1) is 24.2. The minimum Gasteiger partial charge on any atom is -0.444 e. The molecule has 4 rings (SSSR count). The van der Waals surface area contributed by atoms with Crippen molar-refractivity contribution in [1.82, 2.24) is 30.1 Å². The van der Waals surface area contributed by atoms with Crippen molar-refractivity contribution in [1.29, 1.82) is 0 Å². The van der Waals surface area contributed by atoms with E-state index in [2.05, 4.69) is 84.0 Å². The van der Waals surface area contributed by atoms with Crippen molar-refractivity contribution in [3.63, 3.8) is 0 Å². The molecule has 1 aromatic carbocycles. The number of nitrogens with one attached hydrogen (secondary N) is 2. The minimum absolute atomic E-state index is 0.00999. The molecule has 0 atom stereocenters. The number of benzene rings is 1. The molecule has 2 N–H and O–H groups in total. The second-order valence-electron chi connectivity index (χ2n) is 14.1. The van der Waals surface area contributed by atoms with E-state index < -0.39 is 5.60 Å². The molecule has 51 heavy (non-hydrogen) atoms. The lowest BCUT2D eigenvalue weighted by Crippen LogP contribution is -2.49. The van der Waals surface area contributed by atoms with Gasteiger partial charge in [-0.3, -0.25) is 9.69 Å².